The molecule has 5 nitrogen and oxygen atoms in total. The highest BCUT2D eigenvalue weighted by molar-refractivity contribution is 5.70. The van der Waals surface area contributed by atoms with Gasteiger partial charge in [-0.15, -0.1) is 0 Å². The quantitative estimate of drug-likeness (QED) is 0.853. The lowest BCUT2D eigenvalue weighted by Crippen LogP contribution is -2.69. The Morgan fingerprint density at radius 1 is 1.39 bits per heavy atom. The smallest absolute Gasteiger partial charge is 0.154 e. The van der Waals surface area contributed by atoms with Crippen molar-refractivity contribution in [2.45, 2.75) is 25.3 Å². The predicted octanol–water partition coefficient (Wildman–Crippen LogP) is 0.965. The van der Waals surface area contributed by atoms with Gasteiger partial charge in [0, 0.05) is 25.5 Å². The van der Waals surface area contributed by atoms with E-state index in [2.05, 4.69) is 21.0 Å². The Morgan fingerprint density at radius 3 is 2.89 bits per heavy atom. The molecule has 0 amide bonds. The number of aromatic nitrogens is 3. The molecule has 0 spiro atoms. The summed E-state index contributed by atoms with van der Waals surface area (Å²) in [5.41, 5.74) is 8.52. The average Bonchev–Trinajstić information content (AvgIpc) is 3.06. The molecule has 0 atom stereocenters. The number of hydrogen-bond acceptors (Lipinski definition) is 4. The van der Waals surface area contributed by atoms with E-state index in [9.17, 15) is 0 Å². The minimum atomic E-state index is 0.0313. The molecule has 2 aromatic rings. The fraction of sp³-hybridized carbons (Fsp3) is 0.538. The molecule has 1 saturated heterocycles. The maximum Gasteiger partial charge on any atom is 0.154 e. The molecule has 0 bridgehead atoms. The van der Waals surface area contributed by atoms with E-state index in [1.807, 2.05) is 23.8 Å². The number of hydrogen-bond donors (Lipinski definition) is 1. The van der Waals surface area contributed by atoms with Crippen LogP contribution in [0.2, 0.25) is 0 Å². The first-order chi connectivity index (χ1) is 8.66. The van der Waals surface area contributed by atoms with Gasteiger partial charge in [-0.05, 0) is 31.7 Å². The molecule has 0 aromatic carbocycles. The van der Waals surface area contributed by atoms with Crippen LogP contribution in [0.25, 0.3) is 5.52 Å². The first kappa shape index (κ1) is 10.3. The van der Waals surface area contributed by atoms with Gasteiger partial charge in [0.25, 0.3) is 0 Å². The maximum atomic E-state index is 6.39. The minimum Gasteiger partial charge on any atom is -0.351 e. The van der Waals surface area contributed by atoms with Gasteiger partial charge in [-0.1, -0.05) is 0 Å². The lowest BCUT2D eigenvalue weighted by Gasteiger charge is -2.49. The molecule has 5 heteroatoms. The molecule has 1 aliphatic carbocycles. The van der Waals surface area contributed by atoms with Gasteiger partial charge >= 0.3 is 0 Å². The summed E-state index contributed by atoms with van der Waals surface area (Å²) in [5.74, 6) is 1.75. The number of anilines is 1. The molecule has 2 fully saturated rings. The molecule has 1 aliphatic heterocycles. The van der Waals surface area contributed by atoms with E-state index >= 15 is 0 Å². The van der Waals surface area contributed by atoms with Crippen LogP contribution in [0, 0.1) is 12.8 Å². The second-order valence-electron chi connectivity index (χ2n) is 5.73. The fourth-order valence-electron chi connectivity index (χ4n) is 3.00. The van der Waals surface area contributed by atoms with Crippen molar-refractivity contribution in [2.24, 2.45) is 11.7 Å². The van der Waals surface area contributed by atoms with Gasteiger partial charge in [-0.25, -0.2) is 9.50 Å². The van der Waals surface area contributed by atoms with Crippen molar-refractivity contribution < 1.29 is 0 Å². The Hall–Kier alpha value is -1.62. The topological polar surface area (TPSA) is 59.5 Å². The van der Waals surface area contributed by atoms with Crippen molar-refractivity contribution in [3.63, 3.8) is 0 Å². The molecular weight excluding hydrogens is 226 g/mol. The summed E-state index contributed by atoms with van der Waals surface area (Å²) < 4.78 is 1.89. The van der Waals surface area contributed by atoms with Crippen molar-refractivity contribution >= 4 is 11.3 Å². The van der Waals surface area contributed by atoms with Crippen molar-refractivity contribution in [3.8, 4) is 0 Å². The van der Waals surface area contributed by atoms with Crippen LogP contribution in [-0.2, 0) is 0 Å². The molecule has 2 aliphatic rings. The highest BCUT2D eigenvalue weighted by atomic mass is 15.3. The van der Waals surface area contributed by atoms with E-state index in [-0.39, 0.29) is 5.54 Å². The molecule has 1 saturated carbocycles. The molecule has 0 unspecified atom stereocenters. The molecule has 3 heterocycles. The van der Waals surface area contributed by atoms with Gasteiger partial charge in [0.1, 0.15) is 5.52 Å². The Balaban J connectivity index is 1.67. The normalized spacial score (nSPS) is 22.2. The van der Waals surface area contributed by atoms with Crippen molar-refractivity contribution in [1.82, 2.24) is 14.6 Å². The third kappa shape index (κ3) is 1.37. The van der Waals surface area contributed by atoms with Crippen LogP contribution in [0.1, 0.15) is 18.5 Å². The summed E-state index contributed by atoms with van der Waals surface area (Å²) in [6.07, 6.45) is 6.30. The summed E-state index contributed by atoms with van der Waals surface area (Å²) in [6, 6.07) is 2.08. The van der Waals surface area contributed by atoms with Crippen LogP contribution in [0.3, 0.4) is 0 Å². The lowest BCUT2D eigenvalue weighted by atomic mass is 9.86. The van der Waals surface area contributed by atoms with Gasteiger partial charge in [0.15, 0.2) is 5.82 Å². The Kier molecular flexibility index (Phi) is 1.85. The SMILES string of the molecule is Cc1cc2c(N3CC(N)(C4CC4)C3)nccn2n1. The number of aryl methyl sites for hydroxylation is 1. The Labute approximate surface area is 106 Å². The molecule has 18 heavy (non-hydrogen) atoms. The van der Waals surface area contributed by atoms with Crippen LogP contribution < -0.4 is 10.6 Å². The minimum absolute atomic E-state index is 0.0313. The van der Waals surface area contributed by atoms with Crippen LogP contribution in [0.4, 0.5) is 5.82 Å². The standard InChI is InChI=1S/C13H17N5/c1-9-6-11-12(15-4-5-18(11)16-9)17-7-13(14,8-17)10-2-3-10/h4-6,10H,2-3,7-8,14H2,1H3. The number of fused-ring (bicyclic) bond motifs is 1. The second-order valence-corrected chi connectivity index (χ2v) is 5.73. The molecule has 2 aromatic heterocycles. The van der Waals surface area contributed by atoms with Gasteiger partial charge in [0.05, 0.1) is 11.2 Å². The van der Waals surface area contributed by atoms with E-state index in [4.69, 9.17) is 5.73 Å². The number of nitrogens with two attached hydrogens (primary N) is 1. The fourth-order valence-corrected chi connectivity index (χ4v) is 3.00. The highest BCUT2D eigenvalue weighted by Crippen LogP contribution is 2.44. The van der Waals surface area contributed by atoms with Gasteiger partial charge < -0.3 is 10.6 Å². The van der Waals surface area contributed by atoms with Crippen LogP contribution in [0.5, 0.6) is 0 Å². The molecule has 4 rings (SSSR count). The van der Waals surface area contributed by atoms with E-state index < -0.39 is 0 Å². The van der Waals surface area contributed by atoms with Crippen molar-refractivity contribution in [2.75, 3.05) is 18.0 Å². The molecule has 94 valence electrons. The van der Waals surface area contributed by atoms with Crippen LogP contribution in [-0.4, -0.2) is 33.2 Å². The Morgan fingerprint density at radius 2 is 2.17 bits per heavy atom. The number of rotatable bonds is 2. The van der Waals surface area contributed by atoms with E-state index in [1.165, 1.54) is 12.8 Å². The first-order valence-electron chi connectivity index (χ1n) is 6.50. The van der Waals surface area contributed by atoms with E-state index in [1.54, 1.807) is 0 Å². The zero-order valence-corrected chi connectivity index (χ0v) is 10.5. The van der Waals surface area contributed by atoms with Crippen molar-refractivity contribution in [1.29, 1.82) is 0 Å². The summed E-state index contributed by atoms with van der Waals surface area (Å²) in [6.45, 7) is 3.85. The lowest BCUT2D eigenvalue weighted by molar-refractivity contribution is 0.289. The maximum absolute atomic E-state index is 6.39. The van der Waals surface area contributed by atoms with Gasteiger partial charge in [-0.2, -0.15) is 5.10 Å². The third-order valence-electron chi connectivity index (χ3n) is 4.15. The number of nitrogens with zero attached hydrogens (tertiary/aromatic N) is 4. The summed E-state index contributed by atoms with van der Waals surface area (Å²) >= 11 is 0. The molecule has 0 radical (unpaired) electrons. The summed E-state index contributed by atoms with van der Waals surface area (Å²) in [7, 11) is 0. The van der Waals surface area contributed by atoms with Crippen LogP contribution in [0.15, 0.2) is 18.5 Å². The zero-order valence-electron chi connectivity index (χ0n) is 10.5. The molecular formula is C13H17N5. The monoisotopic (exact) mass is 243 g/mol. The highest BCUT2D eigenvalue weighted by Gasteiger charge is 2.50. The second kappa shape index (κ2) is 3.23. The van der Waals surface area contributed by atoms with E-state index in [0.29, 0.717) is 0 Å². The average molecular weight is 243 g/mol. The predicted molar refractivity (Wildman–Crippen MR) is 69.6 cm³/mol. The van der Waals surface area contributed by atoms with Crippen molar-refractivity contribution in [3.05, 3.63) is 24.2 Å². The zero-order chi connectivity index (χ0) is 12.3. The van der Waals surface area contributed by atoms with Gasteiger partial charge in [-0.3, -0.25) is 0 Å². The van der Waals surface area contributed by atoms with Gasteiger partial charge in [0.2, 0.25) is 0 Å². The third-order valence-corrected chi connectivity index (χ3v) is 4.15. The first-order valence-corrected chi connectivity index (χ1v) is 6.50. The van der Waals surface area contributed by atoms with E-state index in [0.717, 1.165) is 36.0 Å². The largest absolute Gasteiger partial charge is 0.351 e. The van der Waals surface area contributed by atoms with Crippen LogP contribution >= 0.6 is 0 Å². The molecule has 2 N–H and O–H groups in total. The summed E-state index contributed by atoms with van der Waals surface area (Å²) in [5, 5.41) is 4.42. The Bertz CT molecular complexity index is 607. The summed E-state index contributed by atoms with van der Waals surface area (Å²) in [4.78, 5) is 6.77.